The molecule has 1 unspecified atom stereocenters. The minimum Gasteiger partial charge on any atom is -0.481 e. The van der Waals surface area contributed by atoms with E-state index in [-0.39, 0.29) is 0 Å². The molecule has 0 saturated heterocycles. The molecule has 1 atom stereocenters. The van der Waals surface area contributed by atoms with Crippen LogP contribution in [-0.2, 0) is 16.1 Å². The molecule has 17 heavy (non-hydrogen) atoms. The van der Waals surface area contributed by atoms with Gasteiger partial charge in [0.15, 0.2) is 0 Å². The molecule has 0 fully saturated rings. The molecule has 0 aromatic heterocycles. The van der Waals surface area contributed by atoms with E-state index in [4.69, 9.17) is 10.2 Å². The molecule has 92 valence electrons. The van der Waals surface area contributed by atoms with Crippen molar-refractivity contribution in [3.63, 3.8) is 0 Å². The number of rotatable bonds is 6. The van der Waals surface area contributed by atoms with Crippen molar-refractivity contribution in [3.05, 3.63) is 35.4 Å². The number of carbonyl (C=O) groups is 2. The minimum absolute atomic E-state index is 0.339. The van der Waals surface area contributed by atoms with E-state index < -0.39 is 24.4 Å². The number of hydrogen-bond acceptors (Lipinski definition) is 3. The van der Waals surface area contributed by atoms with Gasteiger partial charge in [0, 0.05) is 6.54 Å². The SMILES string of the molecule is Cc1cccc(CNC(CC(=O)O)C(=O)O)c1. The predicted molar refractivity (Wildman–Crippen MR) is 61.7 cm³/mol. The zero-order chi connectivity index (χ0) is 12.8. The second-order valence-corrected chi connectivity index (χ2v) is 3.86. The summed E-state index contributed by atoms with van der Waals surface area (Å²) in [6.07, 6.45) is -0.429. The number of carboxylic acids is 2. The highest BCUT2D eigenvalue weighted by molar-refractivity contribution is 5.80. The number of aryl methyl sites for hydroxylation is 1. The zero-order valence-electron chi connectivity index (χ0n) is 9.51. The Morgan fingerprint density at radius 1 is 1.35 bits per heavy atom. The molecule has 5 heteroatoms. The molecular formula is C12H15NO4. The van der Waals surface area contributed by atoms with Crippen LogP contribution in [0, 0.1) is 6.92 Å². The zero-order valence-corrected chi connectivity index (χ0v) is 9.51. The molecule has 3 N–H and O–H groups in total. The maximum atomic E-state index is 10.8. The van der Waals surface area contributed by atoms with Crippen LogP contribution in [0.2, 0.25) is 0 Å². The summed E-state index contributed by atoms with van der Waals surface area (Å²) >= 11 is 0. The topological polar surface area (TPSA) is 86.6 Å². The Hall–Kier alpha value is -1.88. The summed E-state index contributed by atoms with van der Waals surface area (Å²) in [4.78, 5) is 21.3. The van der Waals surface area contributed by atoms with E-state index in [1.165, 1.54) is 0 Å². The van der Waals surface area contributed by atoms with Crippen LogP contribution in [0.5, 0.6) is 0 Å². The summed E-state index contributed by atoms with van der Waals surface area (Å²) in [6, 6.07) is 6.54. The smallest absolute Gasteiger partial charge is 0.321 e. The van der Waals surface area contributed by atoms with Gasteiger partial charge in [-0.3, -0.25) is 14.9 Å². The molecule has 0 aliphatic rings. The van der Waals surface area contributed by atoms with Gasteiger partial charge in [-0.05, 0) is 12.5 Å². The van der Waals surface area contributed by atoms with Crippen LogP contribution in [0.4, 0.5) is 0 Å². The van der Waals surface area contributed by atoms with Gasteiger partial charge in [-0.25, -0.2) is 0 Å². The molecule has 1 aromatic rings. The molecule has 5 nitrogen and oxygen atoms in total. The van der Waals surface area contributed by atoms with Crippen molar-refractivity contribution in [1.82, 2.24) is 5.32 Å². The fraction of sp³-hybridized carbons (Fsp3) is 0.333. The van der Waals surface area contributed by atoms with Crippen LogP contribution in [0.3, 0.4) is 0 Å². The lowest BCUT2D eigenvalue weighted by Gasteiger charge is -2.12. The molecule has 0 radical (unpaired) electrons. The van der Waals surface area contributed by atoms with Crippen molar-refractivity contribution in [3.8, 4) is 0 Å². The number of hydrogen-bond donors (Lipinski definition) is 3. The third-order valence-electron chi connectivity index (χ3n) is 2.31. The highest BCUT2D eigenvalue weighted by Crippen LogP contribution is 2.04. The highest BCUT2D eigenvalue weighted by atomic mass is 16.4. The molecule has 1 aromatic carbocycles. The van der Waals surface area contributed by atoms with Crippen molar-refractivity contribution >= 4 is 11.9 Å². The standard InChI is InChI=1S/C12H15NO4/c1-8-3-2-4-9(5-8)7-13-10(12(16)17)6-11(14)15/h2-5,10,13H,6-7H2,1H3,(H,14,15)(H,16,17). The third kappa shape index (κ3) is 4.65. The van der Waals surface area contributed by atoms with Gasteiger partial charge >= 0.3 is 11.9 Å². The van der Waals surface area contributed by atoms with Crippen LogP contribution < -0.4 is 5.32 Å². The summed E-state index contributed by atoms with van der Waals surface area (Å²) in [5.74, 6) is -2.28. The lowest BCUT2D eigenvalue weighted by Crippen LogP contribution is -2.38. The van der Waals surface area contributed by atoms with Crippen LogP contribution in [0.15, 0.2) is 24.3 Å². The fourth-order valence-corrected chi connectivity index (χ4v) is 1.48. The third-order valence-corrected chi connectivity index (χ3v) is 2.31. The molecule has 0 spiro atoms. The van der Waals surface area contributed by atoms with Gasteiger partial charge in [0.05, 0.1) is 6.42 Å². The molecule has 0 saturated carbocycles. The Bertz CT molecular complexity index is 417. The molecule has 1 rings (SSSR count). The van der Waals surface area contributed by atoms with Crippen molar-refractivity contribution in [1.29, 1.82) is 0 Å². The summed E-state index contributed by atoms with van der Waals surface area (Å²) in [5, 5.41) is 20.1. The molecule has 0 aliphatic carbocycles. The summed E-state index contributed by atoms with van der Waals surface area (Å²) < 4.78 is 0. The average Bonchev–Trinajstić information content (AvgIpc) is 2.23. The predicted octanol–water partition coefficient (Wildman–Crippen LogP) is 1.01. The fourth-order valence-electron chi connectivity index (χ4n) is 1.48. The molecule has 0 bridgehead atoms. The lowest BCUT2D eigenvalue weighted by molar-refractivity contribution is -0.146. The van der Waals surface area contributed by atoms with E-state index in [2.05, 4.69) is 5.32 Å². The second-order valence-electron chi connectivity index (χ2n) is 3.86. The molecule has 0 heterocycles. The largest absolute Gasteiger partial charge is 0.481 e. The first kappa shape index (κ1) is 13.2. The van der Waals surface area contributed by atoms with Crippen LogP contribution in [-0.4, -0.2) is 28.2 Å². The Morgan fingerprint density at radius 3 is 2.59 bits per heavy atom. The van der Waals surface area contributed by atoms with E-state index >= 15 is 0 Å². The summed E-state index contributed by atoms with van der Waals surface area (Å²) in [7, 11) is 0. The van der Waals surface area contributed by atoms with Gasteiger partial charge in [-0.1, -0.05) is 29.8 Å². The van der Waals surface area contributed by atoms with Gasteiger partial charge in [0.25, 0.3) is 0 Å². The van der Waals surface area contributed by atoms with Gasteiger partial charge < -0.3 is 10.2 Å². The summed E-state index contributed by atoms with van der Waals surface area (Å²) in [5.41, 5.74) is 2.01. The Labute approximate surface area is 99.1 Å². The normalized spacial score (nSPS) is 12.1. The van der Waals surface area contributed by atoms with E-state index in [0.29, 0.717) is 6.54 Å². The highest BCUT2D eigenvalue weighted by Gasteiger charge is 2.19. The maximum Gasteiger partial charge on any atom is 0.321 e. The lowest BCUT2D eigenvalue weighted by atomic mass is 10.1. The average molecular weight is 237 g/mol. The quantitative estimate of drug-likeness (QED) is 0.687. The summed E-state index contributed by atoms with van der Waals surface area (Å²) in [6.45, 7) is 2.28. The maximum absolute atomic E-state index is 10.8. The number of nitrogens with one attached hydrogen (secondary N) is 1. The van der Waals surface area contributed by atoms with Crippen molar-refractivity contribution in [2.75, 3.05) is 0 Å². The van der Waals surface area contributed by atoms with E-state index in [0.717, 1.165) is 11.1 Å². The Kier molecular flexibility index (Phi) is 4.66. The molecule has 0 amide bonds. The minimum atomic E-state index is -1.15. The first-order valence-corrected chi connectivity index (χ1v) is 5.22. The van der Waals surface area contributed by atoms with Crippen molar-refractivity contribution in [2.45, 2.75) is 25.9 Å². The number of aliphatic carboxylic acids is 2. The molecular weight excluding hydrogens is 222 g/mol. The number of carboxylic acid groups (broad SMARTS) is 2. The monoisotopic (exact) mass is 237 g/mol. The van der Waals surface area contributed by atoms with E-state index in [1.807, 2.05) is 31.2 Å². The van der Waals surface area contributed by atoms with E-state index in [9.17, 15) is 9.59 Å². The van der Waals surface area contributed by atoms with Gasteiger partial charge in [0.1, 0.15) is 6.04 Å². The Balaban J connectivity index is 2.57. The van der Waals surface area contributed by atoms with E-state index in [1.54, 1.807) is 0 Å². The van der Waals surface area contributed by atoms with Gasteiger partial charge in [-0.2, -0.15) is 0 Å². The van der Waals surface area contributed by atoms with Crippen LogP contribution in [0.25, 0.3) is 0 Å². The first-order chi connectivity index (χ1) is 7.99. The Morgan fingerprint density at radius 2 is 2.06 bits per heavy atom. The van der Waals surface area contributed by atoms with Gasteiger partial charge in [-0.15, -0.1) is 0 Å². The van der Waals surface area contributed by atoms with Crippen LogP contribution in [0.1, 0.15) is 17.5 Å². The number of benzene rings is 1. The van der Waals surface area contributed by atoms with Crippen LogP contribution >= 0.6 is 0 Å². The van der Waals surface area contributed by atoms with Crippen molar-refractivity contribution < 1.29 is 19.8 Å². The second kappa shape index (κ2) is 6.00. The van der Waals surface area contributed by atoms with Crippen molar-refractivity contribution in [2.24, 2.45) is 0 Å². The molecule has 0 aliphatic heterocycles. The first-order valence-electron chi connectivity index (χ1n) is 5.22. The van der Waals surface area contributed by atoms with Gasteiger partial charge in [0.2, 0.25) is 0 Å².